The molecule has 162 valence electrons. The van der Waals surface area contributed by atoms with Crippen LogP contribution in [0.15, 0.2) is 24.5 Å². The first kappa shape index (κ1) is 20.0. The fraction of sp³-hybridized carbons (Fsp3) is 0.682. The molecule has 0 radical (unpaired) electrons. The van der Waals surface area contributed by atoms with Gasteiger partial charge in [0.2, 0.25) is 16.2 Å². The summed E-state index contributed by atoms with van der Waals surface area (Å²) in [7, 11) is 0. The summed E-state index contributed by atoms with van der Waals surface area (Å²) in [6.07, 6.45) is 12.8. The lowest BCUT2D eigenvalue weighted by molar-refractivity contribution is -0.138. The standard InChI is InChI=1S/C22H32N6OS/c29-20(26-15-13-25(14-16-26)19-8-2-1-3-9-19)18-7-6-12-28(17-18)22-24-23-21(30-22)27-10-4-5-11-27/h4-5,10-11,18-19H,1-3,6-9,12-17H2. The number of hydrogen-bond donors (Lipinski definition) is 0. The minimum atomic E-state index is 0.0823. The number of hydrogen-bond acceptors (Lipinski definition) is 6. The SMILES string of the molecule is O=C(C1CCCN(c2nnc(-n3cccc3)s2)C1)N1CCN(C2CCCCC2)CC1. The Morgan fingerprint density at radius 2 is 1.60 bits per heavy atom. The van der Waals surface area contributed by atoms with Crippen molar-refractivity contribution in [1.29, 1.82) is 0 Å². The van der Waals surface area contributed by atoms with Crippen LogP contribution in [0.4, 0.5) is 5.13 Å². The molecular weight excluding hydrogens is 396 g/mol. The molecular formula is C22H32N6OS. The fourth-order valence-electron chi connectivity index (χ4n) is 5.27. The molecule has 1 atom stereocenters. The summed E-state index contributed by atoms with van der Waals surface area (Å²) >= 11 is 1.60. The second-order valence-electron chi connectivity index (χ2n) is 8.90. The lowest BCUT2D eigenvalue weighted by Crippen LogP contribution is -2.54. The highest BCUT2D eigenvalue weighted by atomic mass is 32.1. The smallest absolute Gasteiger partial charge is 0.227 e. The van der Waals surface area contributed by atoms with E-state index >= 15 is 0 Å². The lowest BCUT2D eigenvalue weighted by Gasteiger charge is -2.42. The number of anilines is 1. The number of piperazine rings is 1. The first-order chi connectivity index (χ1) is 14.8. The molecule has 3 fully saturated rings. The maximum atomic E-state index is 13.2. The molecule has 0 aromatic carbocycles. The van der Waals surface area contributed by atoms with Gasteiger partial charge in [-0.05, 0) is 37.8 Å². The molecule has 5 rings (SSSR count). The van der Waals surface area contributed by atoms with Crippen LogP contribution in [0.25, 0.3) is 5.13 Å². The molecule has 1 unspecified atom stereocenters. The molecule has 2 aromatic rings. The predicted octanol–water partition coefficient (Wildman–Crippen LogP) is 3.02. The van der Waals surface area contributed by atoms with Crippen molar-refractivity contribution in [3.8, 4) is 5.13 Å². The first-order valence-electron chi connectivity index (χ1n) is 11.5. The topological polar surface area (TPSA) is 57.5 Å². The summed E-state index contributed by atoms with van der Waals surface area (Å²) in [5, 5.41) is 10.5. The van der Waals surface area contributed by atoms with Crippen LogP contribution in [0.2, 0.25) is 0 Å². The van der Waals surface area contributed by atoms with Crippen LogP contribution in [0.3, 0.4) is 0 Å². The van der Waals surface area contributed by atoms with E-state index in [1.165, 1.54) is 32.1 Å². The summed E-state index contributed by atoms with van der Waals surface area (Å²) in [6, 6.07) is 4.74. The van der Waals surface area contributed by atoms with Gasteiger partial charge in [-0.1, -0.05) is 30.6 Å². The van der Waals surface area contributed by atoms with Gasteiger partial charge in [0.1, 0.15) is 0 Å². The van der Waals surface area contributed by atoms with E-state index in [9.17, 15) is 4.79 Å². The third-order valence-electron chi connectivity index (χ3n) is 6.99. The van der Waals surface area contributed by atoms with Gasteiger partial charge in [0.05, 0.1) is 5.92 Å². The normalized spacial score (nSPS) is 24.3. The van der Waals surface area contributed by atoms with Crippen molar-refractivity contribution in [3.05, 3.63) is 24.5 Å². The van der Waals surface area contributed by atoms with E-state index in [4.69, 9.17) is 0 Å². The van der Waals surface area contributed by atoms with Crippen LogP contribution in [0.1, 0.15) is 44.9 Å². The van der Waals surface area contributed by atoms with E-state index in [2.05, 4.69) is 24.9 Å². The van der Waals surface area contributed by atoms with Crippen molar-refractivity contribution in [3.63, 3.8) is 0 Å². The van der Waals surface area contributed by atoms with Gasteiger partial charge >= 0.3 is 0 Å². The molecule has 2 aliphatic heterocycles. The summed E-state index contributed by atoms with van der Waals surface area (Å²) in [4.78, 5) is 20.3. The van der Waals surface area contributed by atoms with Crippen LogP contribution in [-0.2, 0) is 4.79 Å². The molecule has 0 N–H and O–H groups in total. The highest BCUT2D eigenvalue weighted by Gasteiger charge is 2.33. The number of nitrogens with zero attached hydrogens (tertiary/aromatic N) is 6. The Morgan fingerprint density at radius 1 is 0.867 bits per heavy atom. The Bertz CT molecular complexity index is 823. The van der Waals surface area contributed by atoms with E-state index < -0.39 is 0 Å². The van der Waals surface area contributed by atoms with Crippen LogP contribution in [0, 0.1) is 5.92 Å². The van der Waals surface area contributed by atoms with Gasteiger partial charge in [0.25, 0.3) is 0 Å². The number of carbonyl (C=O) groups is 1. The van der Waals surface area contributed by atoms with Crippen molar-refractivity contribution in [2.75, 3.05) is 44.2 Å². The number of rotatable bonds is 4. The Hall–Kier alpha value is -1.93. The van der Waals surface area contributed by atoms with Crippen LogP contribution >= 0.6 is 11.3 Å². The Kier molecular flexibility index (Phi) is 6.04. The second kappa shape index (κ2) is 9.06. The van der Waals surface area contributed by atoms with Crippen molar-refractivity contribution >= 4 is 22.4 Å². The minimum Gasteiger partial charge on any atom is -0.346 e. The Balaban J connectivity index is 1.17. The van der Waals surface area contributed by atoms with Crippen LogP contribution in [-0.4, -0.2) is 75.8 Å². The zero-order chi connectivity index (χ0) is 20.3. The monoisotopic (exact) mass is 428 g/mol. The molecule has 30 heavy (non-hydrogen) atoms. The summed E-state index contributed by atoms with van der Waals surface area (Å²) in [5.41, 5.74) is 0. The van der Waals surface area contributed by atoms with E-state index in [1.54, 1.807) is 11.3 Å². The maximum Gasteiger partial charge on any atom is 0.227 e. The zero-order valence-corrected chi connectivity index (χ0v) is 18.5. The molecule has 2 aromatic heterocycles. The van der Waals surface area contributed by atoms with Crippen molar-refractivity contribution < 1.29 is 4.79 Å². The maximum absolute atomic E-state index is 13.2. The Morgan fingerprint density at radius 3 is 2.37 bits per heavy atom. The number of aromatic nitrogens is 3. The molecule has 8 heteroatoms. The molecule has 4 heterocycles. The number of piperidine rings is 1. The van der Waals surface area contributed by atoms with E-state index in [0.29, 0.717) is 5.91 Å². The number of carbonyl (C=O) groups excluding carboxylic acids is 1. The quantitative estimate of drug-likeness (QED) is 0.749. The molecule has 7 nitrogen and oxygen atoms in total. The third kappa shape index (κ3) is 4.25. The van der Waals surface area contributed by atoms with Crippen LogP contribution < -0.4 is 4.90 Å². The summed E-state index contributed by atoms with van der Waals surface area (Å²) < 4.78 is 1.99. The van der Waals surface area contributed by atoms with Crippen molar-refractivity contribution in [1.82, 2.24) is 24.6 Å². The fourth-order valence-corrected chi connectivity index (χ4v) is 6.12. The van der Waals surface area contributed by atoms with Gasteiger partial charge in [-0.2, -0.15) is 0 Å². The third-order valence-corrected chi connectivity index (χ3v) is 7.98. The van der Waals surface area contributed by atoms with Gasteiger partial charge in [0, 0.05) is 57.7 Å². The summed E-state index contributed by atoms with van der Waals surface area (Å²) in [6.45, 7) is 5.60. The van der Waals surface area contributed by atoms with Gasteiger partial charge in [-0.15, -0.1) is 10.2 Å². The van der Waals surface area contributed by atoms with Gasteiger partial charge in [-0.25, -0.2) is 0 Å². The van der Waals surface area contributed by atoms with Crippen molar-refractivity contribution in [2.45, 2.75) is 51.0 Å². The second-order valence-corrected chi connectivity index (χ2v) is 9.83. The lowest BCUT2D eigenvalue weighted by atomic mass is 9.93. The highest BCUT2D eigenvalue weighted by molar-refractivity contribution is 7.17. The van der Waals surface area contributed by atoms with Gasteiger partial charge < -0.3 is 9.80 Å². The molecule has 3 aliphatic rings. The van der Waals surface area contributed by atoms with E-state index in [-0.39, 0.29) is 5.92 Å². The zero-order valence-electron chi connectivity index (χ0n) is 17.7. The molecule has 2 saturated heterocycles. The predicted molar refractivity (Wildman–Crippen MR) is 119 cm³/mol. The molecule has 0 spiro atoms. The minimum absolute atomic E-state index is 0.0823. The number of amides is 1. The molecule has 0 bridgehead atoms. The largest absolute Gasteiger partial charge is 0.346 e. The molecule has 1 aliphatic carbocycles. The molecule has 1 saturated carbocycles. The average Bonchev–Trinajstić information content (AvgIpc) is 3.52. The van der Waals surface area contributed by atoms with E-state index in [0.717, 1.165) is 68.4 Å². The first-order valence-corrected chi connectivity index (χ1v) is 12.3. The van der Waals surface area contributed by atoms with Crippen LogP contribution in [0.5, 0.6) is 0 Å². The van der Waals surface area contributed by atoms with Gasteiger partial charge in [0.15, 0.2) is 0 Å². The van der Waals surface area contributed by atoms with E-state index in [1.807, 2.05) is 29.1 Å². The van der Waals surface area contributed by atoms with Gasteiger partial charge in [-0.3, -0.25) is 14.3 Å². The average molecular weight is 429 g/mol. The summed E-state index contributed by atoms with van der Waals surface area (Å²) in [5.74, 6) is 0.428. The molecule has 1 amide bonds. The Labute approximate surface area is 182 Å². The highest BCUT2D eigenvalue weighted by Crippen LogP contribution is 2.29. The van der Waals surface area contributed by atoms with Crippen molar-refractivity contribution in [2.24, 2.45) is 5.92 Å².